The predicted molar refractivity (Wildman–Crippen MR) is 92.3 cm³/mol. The van der Waals surface area contributed by atoms with E-state index in [1.807, 2.05) is 0 Å². The molecule has 1 N–H and O–H groups in total. The van der Waals surface area contributed by atoms with Crippen molar-refractivity contribution in [2.75, 3.05) is 20.1 Å². The Bertz CT molecular complexity index is 678. The van der Waals surface area contributed by atoms with Gasteiger partial charge in [-0.15, -0.1) is 0 Å². The van der Waals surface area contributed by atoms with Gasteiger partial charge >= 0.3 is 0 Å². The molecule has 1 saturated heterocycles. The molecule has 1 aromatic carbocycles. The Hall–Kier alpha value is -2.05. The van der Waals surface area contributed by atoms with Gasteiger partial charge in [-0.05, 0) is 63.3 Å². The summed E-state index contributed by atoms with van der Waals surface area (Å²) in [6.45, 7) is 2.18. The molecule has 1 amide bonds. The van der Waals surface area contributed by atoms with Gasteiger partial charge in [0.25, 0.3) is 5.91 Å². The van der Waals surface area contributed by atoms with Crippen LogP contribution in [0.5, 0.6) is 5.75 Å². The lowest BCUT2D eigenvalue weighted by molar-refractivity contribution is 0.0895. The van der Waals surface area contributed by atoms with Crippen LogP contribution in [-0.2, 0) is 6.73 Å². The van der Waals surface area contributed by atoms with Crippen molar-refractivity contribution >= 4 is 17.5 Å². The fourth-order valence-corrected chi connectivity index (χ4v) is 2.83. The molecule has 0 spiro atoms. The van der Waals surface area contributed by atoms with Gasteiger partial charge in [0.15, 0.2) is 6.73 Å². The molecule has 0 saturated carbocycles. The third-order valence-electron chi connectivity index (χ3n) is 4.17. The Kier molecular flexibility index (Phi) is 5.37. The molecule has 0 atom stereocenters. The number of amides is 1. The number of nitrogens with one attached hydrogen (secondary N) is 1. The molecule has 7 heteroatoms. The number of piperidine rings is 1. The summed E-state index contributed by atoms with van der Waals surface area (Å²) in [7, 11) is 2.10. The molecule has 1 aliphatic rings. The highest BCUT2D eigenvalue weighted by atomic mass is 35.5. The minimum Gasteiger partial charge on any atom is -0.471 e. The summed E-state index contributed by atoms with van der Waals surface area (Å²) in [5.41, 5.74) is 0.503. The van der Waals surface area contributed by atoms with Crippen molar-refractivity contribution in [2.45, 2.75) is 25.6 Å². The van der Waals surface area contributed by atoms with E-state index in [1.54, 1.807) is 41.2 Å². The molecule has 1 fully saturated rings. The monoisotopic (exact) mass is 348 g/mol. The first-order chi connectivity index (χ1) is 11.6. The van der Waals surface area contributed by atoms with E-state index < -0.39 is 0 Å². The van der Waals surface area contributed by atoms with Crippen LogP contribution >= 0.6 is 11.6 Å². The first-order valence-corrected chi connectivity index (χ1v) is 8.39. The Labute approximate surface area is 146 Å². The summed E-state index contributed by atoms with van der Waals surface area (Å²) in [4.78, 5) is 14.7. The molecule has 0 bridgehead atoms. The van der Waals surface area contributed by atoms with Crippen molar-refractivity contribution in [1.29, 1.82) is 0 Å². The van der Waals surface area contributed by atoms with Gasteiger partial charge in [-0.1, -0.05) is 11.6 Å². The van der Waals surface area contributed by atoms with Gasteiger partial charge in [-0.3, -0.25) is 4.79 Å². The number of hydrogen-bond donors (Lipinski definition) is 1. The van der Waals surface area contributed by atoms with Crippen molar-refractivity contribution in [2.24, 2.45) is 0 Å². The predicted octanol–water partition coefficient (Wildman–Crippen LogP) is 2.40. The second-order valence-corrected chi connectivity index (χ2v) is 6.43. The van der Waals surface area contributed by atoms with Crippen molar-refractivity contribution < 1.29 is 9.53 Å². The molecule has 0 aliphatic carbocycles. The number of halogens is 1. The maximum atomic E-state index is 12.5. The van der Waals surface area contributed by atoms with E-state index in [-0.39, 0.29) is 18.7 Å². The van der Waals surface area contributed by atoms with Crippen LogP contribution in [0.3, 0.4) is 0 Å². The summed E-state index contributed by atoms with van der Waals surface area (Å²) < 4.78 is 7.21. The smallest absolute Gasteiger partial charge is 0.269 e. The molecule has 24 heavy (non-hydrogen) atoms. The molecule has 0 radical (unpaired) electrons. The first-order valence-electron chi connectivity index (χ1n) is 8.01. The highest BCUT2D eigenvalue weighted by Gasteiger charge is 2.21. The van der Waals surface area contributed by atoms with Gasteiger partial charge < -0.3 is 15.0 Å². The van der Waals surface area contributed by atoms with E-state index in [9.17, 15) is 4.79 Å². The van der Waals surface area contributed by atoms with E-state index in [0.717, 1.165) is 25.9 Å². The molecule has 1 aromatic heterocycles. The van der Waals surface area contributed by atoms with Gasteiger partial charge in [-0.2, -0.15) is 5.10 Å². The summed E-state index contributed by atoms with van der Waals surface area (Å²) in [6, 6.07) is 9.00. The minimum atomic E-state index is -0.109. The molecule has 128 valence electrons. The fraction of sp³-hybridized carbons (Fsp3) is 0.412. The van der Waals surface area contributed by atoms with Gasteiger partial charge in [0.2, 0.25) is 0 Å². The number of carbonyl (C=O) groups is 1. The zero-order valence-electron chi connectivity index (χ0n) is 13.6. The molecule has 2 heterocycles. The molecular weight excluding hydrogens is 328 g/mol. The van der Waals surface area contributed by atoms with E-state index >= 15 is 0 Å². The van der Waals surface area contributed by atoms with Crippen LogP contribution in [0.25, 0.3) is 0 Å². The quantitative estimate of drug-likeness (QED) is 0.901. The number of nitrogens with zero attached hydrogens (tertiary/aromatic N) is 3. The Morgan fingerprint density at radius 3 is 2.71 bits per heavy atom. The maximum absolute atomic E-state index is 12.5. The summed E-state index contributed by atoms with van der Waals surface area (Å²) >= 11 is 5.85. The highest BCUT2D eigenvalue weighted by Crippen LogP contribution is 2.16. The van der Waals surface area contributed by atoms with Crippen LogP contribution in [0.2, 0.25) is 5.02 Å². The van der Waals surface area contributed by atoms with E-state index in [2.05, 4.69) is 22.4 Å². The highest BCUT2D eigenvalue weighted by molar-refractivity contribution is 6.30. The number of hydrogen-bond acceptors (Lipinski definition) is 4. The van der Waals surface area contributed by atoms with Crippen LogP contribution in [0, 0.1) is 0 Å². The Morgan fingerprint density at radius 2 is 2.00 bits per heavy atom. The van der Waals surface area contributed by atoms with Crippen molar-refractivity contribution in [1.82, 2.24) is 20.0 Å². The molecule has 6 nitrogen and oxygen atoms in total. The van der Waals surface area contributed by atoms with E-state index in [1.165, 1.54) is 0 Å². The maximum Gasteiger partial charge on any atom is 0.269 e. The topological polar surface area (TPSA) is 59.4 Å². The number of ether oxygens (including phenoxy) is 1. The largest absolute Gasteiger partial charge is 0.471 e. The lowest BCUT2D eigenvalue weighted by Gasteiger charge is -2.29. The zero-order chi connectivity index (χ0) is 16.9. The normalized spacial score (nSPS) is 16.1. The number of benzene rings is 1. The van der Waals surface area contributed by atoms with Gasteiger partial charge in [0, 0.05) is 17.3 Å². The molecular formula is C17H21ClN4O2. The first kappa shape index (κ1) is 16.8. The third-order valence-corrected chi connectivity index (χ3v) is 4.42. The fourth-order valence-electron chi connectivity index (χ4n) is 2.71. The van der Waals surface area contributed by atoms with Crippen LogP contribution in [0.4, 0.5) is 0 Å². The molecule has 2 aromatic rings. The van der Waals surface area contributed by atoms with Gasteiger partial charge in [-0.25, -0.2) is 4.68 Å². The average molecular weight is 349 g/mol. The summed E-state index contributed by atoms with van der Waals surface area (Å²) in [6.07, 6.45) is 3.55. The van der Waals surface area contributed by atoms with Crippen LogP contribution in [-0.4, -0.2) is 46.8 Å². The zero-order valence-corrected chi connectivity index (χ0v) is 14.4. The summed E-state index contributed by atoms with van der Waals surface area (Å²) in [5, 5.41) is 7.91. The second-order valence-electron chi connectivity index (χ2n) is 5.99. The second kappa shape index (κ2) is 7.68. The van der Waals surface area contributed by atoms with Crippen LogP contribution in [0.15, 0.2) is 36.5 Å². The number of carbonyl (C=O) groups excluding carboxylic acids is 1. The number of aromatic nitrogens is 2. The Balaban J connectivity index is 1.57. The van der Waals surface area contributed by atoms with Crippen molar-refractivity contribution in [3.05, 3.63) is 47.2 Å². The number of rotatable bonds is 5. The van der Waals surface area contributed by atoms with Gasteiger partial charge in [0.1, 0.15) is 11.4 Å². The molecule has 1 aliphatic heterocycles. The van der Waals surface area contributed by atoms with E-state index in [4.69, 9.17) is 16.3 Å². The lowest BCUT2D eigenvalue weighted by Crippen LogP contribution is -2.43. The third kappa shape index (κ3) is 4.27. The molecule has 3 rings (SSSR count). The summed E-state index contributed by atoms with van der Waals surface area (Å²) in [5.74, 6) is 0.568. The van der Waals surface area contributed by atoms with Crippen molar-refractivity contribution in [3.63, 3.8) is 0 Å². The average Bonchev–Trinajstić information content (AvgIpc) is 3.05. The lowest BCUT2D eigenvalue weighted by atomic mass is 10.1. The van der Waals surface area contributed by atoms with Crippen LogP contribution < -0.4 is 10.1 Å². The Morgan fingerprint density at radius 1 is 1.29 bits per heavy atom. The van der Waals surface area contributed by atoms with Crippen LogP contribution in [0.1, 0.15) is 23.3 Å². The molecule has 0 unspecified atom stereocenters. The number of likely N-dealkylation sites (tertiary alicyclic amines) is 1. The SMILES string of the molecule is CN1CCC(NC(=O)c2ccnn2COc2ccc(Cl)cc2)CC1. The van der Waals surface area contributed by atoms with Gasteiger partial charge in [0.05, 0.1) is 0 Å². The van der Waals surface area contributed by atoms with Crippen molar-refractivity contribution in [3.8, 4) is 5.75 Å². The minimum absolute atomic E-state index is 0.109. The van der Waals surface area contributed by atoms with E-state index in [0.29, 0.717) is 16.5 Å². The standard InChI is InChI=1S/C17H21ClN4O2/c1-21-10-7-14(8-11-21)20-17(23)16-6-9-19-22(16)12-24-15-4-2-13(18)3-5-15/h2-6,9,14H,7-8,10-12H2,1H3,(H,20,23).